The van der Waals surface area contributed by atoms with Gasteiger partial charge in [-0.1, -0.05) is 24.3 Å². The van der Waals surface area contributed by atoms with Gasteiger partial charge >= 0.3 is 6.09 Å². The summed E-state index contributed by atoms with van der Waals surface area (Å²) in [6, 6.07) is 13.6. The topological polar surface area (TPSA) is 134 Å². The molecule has 0 radical (unpaired) electrons. The molecule has 0 aliphatic carbocycles. The zero-order valence-corrected chi connectivity index (χ0v) is 20.6. The number of anilines is 1. The molecule has 0 unspecified atom stereocenters. The Hall–Kier alpha value is -4.21. The van der Waals surface area contributed by atoms with E-state index in [9.17, 15) is 24.0 Å². The predicted molar refractivity (Wildman–Crippen MR) is 132 cm³/mol. The van der Waals surface area contributed by atoms with Gasteiger partial charge in [0.15, 0.2) is 0 Å². The van der Waals surface area contributed by atoms with Gasteiger partial charge in [0.2, 0.25) is 11.8 Å². The molecule has 0 fully saturated rings. The van der Waals surface area contributed by atoms with Gasteiger partial charge in [0.1, 0.15) is 12.1 Å². The summed E-state index contributed by atoms with van der Waals surface area (Å²) in [6.45, 7) is 5.34. The summed E-state index contributed by atoms with van der Waals surface area (Å²) in [5.74, 6) is -1.31. The molecular formula is C26H30N4O6. The second kappa shape index (κ2) is 11.5. The Labute approximate surface area is 209 Å². The Bertz CT molecular complexity index is 1140. The van der Waals surface area contributed by atoms with Crippen molar-refractivity contribution >= 4 is 35.4 Å². The van der Waals surface area contributed by atoms with Gasteiger partial charge in [-0.3, -0.25) is 24.1 Å². The van der Waals surface area contributed by atoms with Crippen LogP contribution in [0.3, 0.4) is 0 Å². The van der Waals surface area contributed by atoms with Crippen LogP contribution in [0.4, 0.5) is 10.5 Å². The first-order chi connectivity index (χ1) is 17.0. The normalized spacial score (nSPS) is 12.7. The quantitative estimate of drug-likeness (QED) is 0.459. The fourth-order valence-electron chi connectivity index (χ4n) is 3.56. The molecule has 10 heteroatoms. The number of benzene rings is 2. The average Bonchev–Trinajstić information content (AvgIpc) is 3.06. The molecule has 3 rings (SSSR count). The van der Waals surface area contributed by atoms with Crippen molar-refractivity contribution in [2.45, 2.75) is 45.8 Å². The highest BCUT2D eigenvalue weighted by molar-refractivity contribution is 6.21. The number of fused-ring (bicyclic) bond motifs is 1. The third kappa shape index (κ3) is 7.39. The first kappa shape index (κ1) is 26.4. The van der Waals surface area contributed by atoms with Crippen LogP contribution in [-0.2, 0) is 20.9 Å². The number of nitrogens with one attached hydrogen (secondary N) is 3. The third-order valence-corrected chi connectivity index (χ3v) is 5.16. The summed E-state index contributed by atoms with van der Waals surface area (Å²) in [6.07, 6.45) is -0.185. The number of carbonyl (C=O) groups is 5. The molecule has 0 bridgehead atoms. The molecule has 36 heavy (non-hydrogen) atoms. The maximum absolute atomic E-state index is 12.4. The lowest BCUT2D eigenvalue weighted by Crippen LogP contribution is -2.37. The summed E-state index contributed by atoms with van der Waals surface area (Å²) in [7, 11) is 0. The largest absolute Gasteiger partial charge is 0.444 e. The summed E-state index contributed by atoms with van der Waals surface area (Å²) < 4.78 is 5.09. The van der Waals surface area contributed by atoms with Gasteiger partial charge in [-0.05, 0) is 57.0 Å². The molecule has 2 aromatic rings. The molecule has 1 heterocycles. The highest BCUT2D eigenvalue weighted by Gasteiger charge is 2.34. The van der Waals surface area contributed by atoms with Crippen molar-refractivity contribution in [3.8, 4) is 0 Å². The minimum absolute atomic E-state index is 0.153. The van der Waals surface area contributed by atoms with E-state index in [0.29, 0.717) is 23.2 Å². The fourth-order valence-corrected chi connectivity index (χ4v) is 3.56. The van der Waals surface area contributed by atoms with Crippen LogP contribution >= 0.6 is 0 Å². The average molecular weight is 495 g/mol. The van der Waals surface area contributed by atoms with Crippen molar-refractivity contribution in [3.63, 3.8) is 0 Å². The smallest absolute Gasteiger partial charge is 0.408 e. The number of alkyl carbamates (subject to hydrolysis) is 1. The molecule has 0 saturated heterocycles. The van der Waals surface area contributed by atoms with E-state index in [0.717, 1.165) is 5.56 Å². The van der Waals surface area contributed by atoms with E-state index in [1.807, 2.05) is 0 Å². The Morgan fingerprint density at radius 1 is 0.889 bits per heavy atom. The van der Waals surface area contributed by atoms with E-state index in [2.05, 4.69) is 16.0 Å². The van der Waals surface area contributed by atoms with Gasteiger partial charge in [-0.25, -0.2) is 4.79 Å². The van der Waals surface area contributed by atoms with Crippen LogP contribution in [0.2, 0.25) is 0 Å². The molecular weight excluding hydrogens is 464 g/mol. The summed E-state index contributed by atoms with van der Waals surface area (Å²) in [4.78, 5) is 62.0. The van der Waals surface area contributed by atoms with Gasteiger partial charge in [0.05, 0.1) is 11.1 Å². The van der Waals surface area contributed by atoms with E-state index in [1.165, 1.54) is 4.90 Å². The first-order valence-corrected chi connectivity index (χ1v) is 11.6. The van der Waals surface area contributed by atoms with Crippen LogP contribution in [0.25, 0.3) is 0 Å². The standard InChI is InChI=1S/C26H30N4O6/c1-26(2,3)36-25(35)28-16-22(32)29-18-9-6-8-17(14-18)15-27-21(31)12-7-13-30-23(33)19-10-4-5-11-20(19)24(30)34/h4-6,8-11,14H,7,12-13,15-16H2,1-3H3,(H,27,31)(H,28,35)(H,29,32). The lowest BCUT2D eigenvalue weighted by atomic mass is 10.1. The van der Waals surface area contributed by atoms with Crippen LogP contribution in [0, 0.1) is 0 Å². The lowest BCUT2D eigenvalue weighted by molar-refractivity contribution is -0.121. The van der Waals surface area contributed by atoms with Gasteiger partial charge in [0, 0.05) is 25.2 Å². The number of ether oxygens (including phenoxy) is 1. The van der Waals surface area contributed by atoms with Crippen LogP contribution in [0.5, 0.6) is 0 Å². The molecule has 1 aliphatic heterocycles. The molecule has 0 aromatic heterocycles. The zero-order valence-electron chi connectivity index (χ0n) is 20.6. The maximum Gasteiger partial charge on any atom is 0.408 e. The van der Waals surface area contributed by atoms with Crippen LogP contribution in [0.15, 0.2) is 48.5 Å². The summed E-state index contributed by atoms with van der Waals surface area (Å²) >= 11 is 0. The van der Waals surface area contributed by atoms with Crippen LogP contribution < -0.4 is 16.0 Å². The van der Waals surface area contributed by atoms with E-state index in [-0.39, 0.29) is 43.8 Å². The van der Waals surface area contributed by atoms with Crippen molar-refractivity contribution in [3.05, 3.63) is 65.2 Å². The Morgan fingerprint density at radius 3 is 2.19 bits per heavy atom. The highest BCUT2D eigenvalue weighted by atomic mass is 16.6. The van der Waals surface area contributed by atoms with Crippen LogP contribution in [0.1, 0.15) is 59.9 Å². The number of hydrogen-bond acceptors (Lipinski definition) is 6. The second-order valence-electron chi connectivity index (χ2n) is 9.29. The first-order valence-electron chi connectivity index (χ1n) is 11.6. The summed E-state index contributed by atoms with van der Waals surface area (Å²) in [5, 5.41) is 7.86. The number of imide groups is 1. The van der Waals surface area contributed by atoms with Crippen molar-refractivity contribution < 1.29 is 28.7 Å². The number of nitrogens with zero attached hydrogens (tertiary/aromatic N) is 1. The molecule has 5 amide bonds. The second-order valence-corrected chi connectivity index (χ2v) is 9.29. The van der Waals surface area contributed by atoms with Gasteiger partial charge < -0.3 is 20.7 Å². The van der Waals surface area contributed by atoms with Crippen LogP contribution in [-0.4, -0.2) is 53.3 Å². The number of amides is 5. The van der Waals surface area contributed by atoms with Gasteiger partial charge in [-0.15, -0.1) is 0 Å². The van der Waals surface area contributed by atoms with Gasteiger partial charge in [0.25, 0.3) is 11.8 Å². The van der Waals surface area contributed by atoms with E-state index < -0.39 is 17.6 Å². The third-order valence-electron chi connectivity index (χ3n) is 5.16. The van der Waals surface area contributed by atoms with E-state index in [1.54, 1.807) is 69.3 Å². The molecule has 10 nitrogen and oxygen atoms in total. The SMILES string of the molecule is CC(C)(C)OC(=O)NCC(=O)Nc1cccc(CNC(=O)CCCN2C(=O)c3ccccc3C2=O)c1. The fraction of sp³-hybridized carbons (Fsp3) is 0.346. The summed E-state index contributed by atoms with van der Waals surface area (Å²) in [5.41, 5.74) is 1.40. The van der Waals surface area contributed by atoms with Crippen molar-refractivity contribution in [2.75, 3.05) is 18.4 Å². The number of hydrogen-bond donors (Lipinski definition) is 3. The molecule has 0 saturated carbocycles. The van der Waals surface area contributed by atoms with E-state index >= 15 is 0 Å². The molecule has 190 valence electrons. The Kier molecular flexibility index (Phi) is 8.42. The number of rotatable bonds is 9. The monoisotopic (exact) mass is 494 g/mol. The minimum Gasteiger partial charge on any atom is -0.444 e. The molecule has 2 aromatic carbocycles. The molecule has 0 atom stereocenters. The van der Waals surface area contributed by atoms with Gasteiger partial charge in [-0.2, -0.15) is 0 Å². The Morgan fingerprint density at radius 2 is 1.56 bits per heavy atom. The van der Waals surface area contributed by atoms with Crippen molar-refractivity contribution in [1.29, 1.82) is 0 Å². The lowest BCUT2D eigenvalue weighted by Gasteiger charge is -2.19. The molecule has 0 spiro atoms. The predicted octanol–water partition coefficient (Wildman–Crippen LogP) is 2.84. The van der Waals surface area contributed by atoms with Crippen molar-refractivity contribution in [1.82, 2.24) is 15.5 Å². The number of carbonyl (C=O) groups excluding carboxylic acids is 5. The zero-order chi connectivity index (χ0) is 26.3. The Balaban J connectivity index is 1.39. The maximum atomic E-state index is 12.4. The van der Waals surface area contributed by atoms with Crippen molar-refractivity contribution in [2.24, 2.45) is 0 Å². The molecule has 1 aliphatic rings. The highest BCUT2D eigenvalue weighted by Crippen LogP contribution is 2.22. The van der Waals surface area contributed by atoms with E-state index in [4.69, 9.17) is 4.74 Å². The minimum atomic E-state index is -0.683. The molecule has 3 N–H and O–H groups in total.